The monoisotopic (exact) mass is 315 g/mol. The molecule has 0 saturated carbocycles. The molecule has 0 amide bonds. The van der Waals surface area contributed by atoms with Crippen LogP contribution in [-0.2, 0) is 12.8 Å². The summed E-state index contributed by atoms with van der Waals surface area (Å²) in [6.45, 7) is 1.83. The molecular weight excluding hydrogens is 294 g/mol. The van der Waals surface area contributed by atoms with E-state index in [9.17, 15) is 0 Å². The number of pyridine rings is 1. The predicted octanol–water partition coefficient (Wildman–Crippen LogP) is 3.92. The van der Waals surface area contributed by atoms with Crippen molar-refractivity contribution in [2.75, 3.05) is 32.1 Å². The maximum Gasteiger partial charge on any atom is 0.132 e. The Bertz CT molecular complexity index is 640. The van der Waals surface area contributed by atoms with Gasteiger partial charge in [-0.2, -0.15) is 0 Å². The first-order valence-corrected chi connectivity index (χ1v) is 8.18. The number of aromatic nitrogens is 1. The highest BCUT2D eigenvalue weighted by molar-refractivity contribution is 6.33. The average molecular weight is 316 g/mol. The van der Waals surface area contributed by atoms with Gasteiger partial charge in [0, 0.05) is 19.3 Å². The molecule has 0 radical (unpaired) electrons. The highest BCUT2D eigenvalue weighted by Gasteiger charge is 2.23. The Morgan fingerprint density at radius 2 is 1.95 bits per heavy atom. The summed E-state index contributed by atoms with van der Waals surface area (Å²) in [4.78, 5) is 9.01. The van der Waals surface area contributed by atoms with Gasteiger partial charge in [0.15, 0.2) is 0 Å². The maximum atomic E-state index is 6.58. The third kappa shape index (κ3) is 3.11. The molecular formula is C18H22ClN3. The number of rotatable bonds is 5. The van der Waals surface area contributed by atoms with Gasteiger partial charge >= 0.3 is 0 Å². The van der Waals surface area contributed by atoms with Crippen LogP contribution in [0.2, 0.25) is 5.02 Å². The zero-order valence-electron chi connectivity index (χ0n) is 13.2. The molecule has 1 aromatic heterocycles. The number of hydrogen-bond donors (Lipinski definition) is 0. The Kier molecular flexibility index (Phi) is 4.65. The molecule has 0 aliphatic heterocycles. The second kappa shape index (κ2) is 6.67. The zero-order valence-corrected chi connectivity index (χ0v) is 14.0. The van der Waals surface area contributed by atoms with Gasteiger partial charge in [0.05, 0.1) is 10.7 Å². The van der Waals surface area contributed by atoms with Crippen molar-refractivity contribution in [1.82, 2.24) is 9.88 Å². The molecule has 116 valence electrons. The molecule has 3 rings (SSSR count). The second-order valence-electron chi connectivity index (χ2n) is 6.03. The van der Waals surface area contributed by atoms with Crippen LogP contribution in [0.15, 0.2) is 36.5 Å². The van der Waals surface area contributed by atoms with E-state index in [1.54, 1.807) is 0 Å². The van der Waals surface area contributed by atoms with E-state index in [1.807, 2.05) is 24.4 Å². The first kappa shape index (κ1) is 15.3. The van der Waals surface area contributed by atoms with Crippen molar-refractivity contribution in [2.24, 2.45) is 0 Å². The van der Waals surface area contributed by atoms with Crippen LogP contribution in [0.4, 0.5) is 11.5 Å². The Balaban J connectivity index is 2.04. The Morgan fingerprint density at radius 3 is 2.68 bits per heavy atom. The lowest BCUT2D eigenvalue weighted by atomic mass is 10.1. The lowest BCUT2D eigenvalue weighted by Gasteiger charge is -2.28. The zero-order chi connectivity index (χ0) is 15.5. The minimum atomic E-state index is 0.824. The number of halogens is 1. The van der Waals surface area contributed by atoms with Gasteiger partial charge in [-0.1, -0.05) is 23.7 Å². The van der Waals surface area contributed by atoms with Gasteiger partial charge in [0.2, 0.25) is 0 Å². The van der Waals surface area contributed by atoms with Crippen LogP contribution in [0.1, 0.15) is 17.5 Å². The lowest BCUT2D eigenvalue weighted by molar-refractivity contribution is 0.418. The van der Waals surface area contributed by atoms with E-state index >= 15 is 0 Å². The van der Waals surface area contributed by atoms with Crippen LogP contribution in [0, 0.1) is 0 Å². The number of benzene rings is 1. The van der Waals surface area contributed by atoms with Gasteiger partial charge in [-0.15, -0.1) is 0 Å². The molecule has 1 aliphatic rings. The summed E-state index contributed by atoms with van der Waals surface area (Å²) in [5, 5.41) is 0.824. The van der Waals surface area contributed by atoms with Crippen molar-refractivity contribution in [3.63, 3.8) is 0 Å². The lowest BCUT2D eigenvalue weighted by Crippen LogP contribution is -2.29. The fourth-order valence-electron chi connectivity index (χ4n) is 3.06. The normalized spacial score (nSPS) is 13.5. The smallest absolute Gasteiger partial charge is 0.132 e. The molecule has 22 heavy (non-hydrogen) atoms. The first-order chi connectivity index (χ1) is 10.7. The van der Waals surface area contributed by atoms with Gasteiger partial charge in [-0.25, -0.2) is 4.98 Å². The van der Waals surface area contributed by atoms with Gasteiger partial charge in [0.25, 0.3) is 0 Å². The van der Waals surface area contributed by atoms with Gasteiger partial charge in [-0.05, 0) is 62.7 Å². The van der Waals surface area contributed by atoms with E-state index in [-0.39, 0.29) is 0 Å². The van der Waals surface area contributed by atoms with E-state index in [1.165, 1.54) is 17.5 Å². The summed E-state index contributed by atoms with van der Waals surface area (Å²) < 4.78 is 0. The molecule has 4 heteroatoms. The fourth-order valence-corrected chi connectivity index (χ4v) is 3.34. The van der Waals surface area contributed by atoms with Gasteiger partial charge in [-0.3, -0.25) is 0 Å². The number of hydrogen-bond acceptors (Lipinski definition) is 3. The molecule has 1 heterocycles. The molecule has 1 aliphatic carbocycles. The number of anilines is 2. The van der Waals surface area contributed by atoms with Crippen LogP contribution in [0.25, 0.3) is 0 Å². The SMILES string of the molecule is CN(C)CCN(c1ccccn1)c1c(Cl)ccc2c1CCC2. The summed E-state index contributed by atoms with van der Waals surface area (Å²) in [6, 6.07) is 10.2. The predicted molar refractivity (Wildman–Crippen MR) is 93.3 cm³/mol. The standard InChI is InChI=1S/C18H22ClN3/c1-21(2)12-13-22(17-8-3-4-11-20-17)18-15-7-5-6-14(15)9-10-16(18)19/h3-4,8-11H,5-7,12-13H2,1-2H3. The van der Waals surface area contributed by atoms with Crippen LogP contribution in [-0.4, -0.2) is 37.1 Å². The molecule has 0 N–H and O–H groups in total. The quantitative estimate of drug-likeness (QED) is 0.833. The van der Waals surface area contributed by atoms with Crippen molar-refractivity contribution in [1.29, 1.82) is 0 Å². The number of fused-ring (bicyclic) bond motifs is 1. The molecule has 1 aromatic carbocycles. The molecule has 0 unspecified atom stereocenters. The molecule has 2 aromatic rings. The van der Waals surface area contributed by atoms with Crippen molar-refractivity contribution >= 4 is 23.1 Å². The Morgan fingerprint density at radius 1 is 1.09 bits per heavy atom. The summed E-state index contributed by atoms with van der Waals surface area (Å²) in [7, 11) is 4.18. The largest absolute Gasteiger partial charge is 0.324 e. The van der Waals surface area contributed by atoms with Crippen molar-refractivity contribution in [2.45, 2.75) is 19.3 Å². The Hall–Kier alpha value is -1.58. The summed E-state index contributed by atoms with van der Waals surface area (Å²) in [5.74, 6) is 0.964. The number of nitrogens with zero attached hydrogens (tertiary/aromatic N) is 3. The van der Waals surface area contributed by atoms with Crippen molar-refractivity contribution < 1.29 is 0 Å². The highest BCUT2D eigenvalue weighted by atomic mass is 35.5. The molecule has 0 saturated heterocycles. The van der Waals surface area contributed by atoms with Crippen LogP contribution in [0.5, 0.6) is 0 Å². The van der Waals surface area contributed by atoms with E-state index in [0.717, 1.165) is 42.5 Å². The minimum absolute atomic E-state index is 0.824. The highest BCUT2D eigenvalue weighted by Crippen LogP contribution is 2.39. The minimum Gasteiger partial charge on any atom is -0.324 e. The average Bonchev–Trinajstić information content (AvgIpc) is 2.98. The number of likely N-dealkylation sites (N-methyl/N-ethyl adjacent to an activating group) is 1. The molecule has 3 nitrogen and oxygen atoms in total. The first-order valence-electron chi connectivity index (χ1n) is 7.80. The van der Waals surface area contributed by atoms with E-state index < -0.39 is 0 Å². The summed E-state index contributed by atoms with van der Waals surface area (Å²) in [6.07, 6.45) is 5.32. The third-order valence-electron chi connectivity index (χ3n) is 4.17. The summed E-state index contributed by atoms with van der Waals surface area (Å²) in [5.41, 5.74) is 3.99. The Labute approximate surface area is 137 Å². The van der Waals surface area contributed by atoms with Crippen molar-refractivity contribution in [3.05, 3.63) is 52.7 Å². The van der Waals surface area contributed by atoms with Crippen molar-refractivity contribution in [3.8, 4) is 0 Å². The van der Waals surface area contributed by atoms with E-state index in [4.69, 9.17) is 11.6 Å². The maximum absolute atomic E-state index is 6.58. The van der Waals surface area contributed by atoms with Crippen LogP contribution < -0.4 is 4.90 Å². The van der Waals surface area contributed by atoms with Gasteiger partial charge < -0.3 is 9.80 Å². The molecule has 0 fully saturated rings. The second-order valence-corrected chi connectivity index (χ2v) is 6.44. The van der Waals surface area contributed by atoms with Gasteiger partial charge in [0.1, 0.15) is 5.82 Å². The molecule has 0 spiro atoms. The topological polar surface area (TPSA) is 19.4 Å². The molecule has 0 atom stereocenters. The third-order valence-corrected chi connectivity index (χ3v) is 4.47. The summed E-state index contributed by atoms with van der Waals surface area (Å²) >= 11 is 6.58. The van der Waals surface area contributed by atoms with E-state index in [2.05, 4.69) is 41.0 Å². The van der Waals surface area contributed by atoms with E-state index in [0.29, 0.717) is 0 Å². The van der Waals surface area contributed by atoms with Crippen LogP contribution >= 0.6 is 11.6 Å². The molecule has 0 bridgehead atoms. The number of aryl methyl sites for hydroxylation is 1. The fraction of sp³-hybridized carbons (Fsp3) is 0.389. The van der Waals surface area contributed by atoms with Crippen LogP contribution in [0.3, 0.4) is 0 Å².